The summed E-state index contributed by atoms with van der Waals surface area (Å²) in [6.45, 7) is 4.45. The molecular formula is C21H31N5O5. The molecule has 2 aliphatic rings. The molecule has 1 aromatic rings. The minimum atomic E-state index is -0.842. The lowest BCUT2D eigenvalue weighted by Gasteiger charge is -2.37. The summed E-state index contributed by atoms with van der Waals surface area (Å²) >= 11 is 0. The molecule has 2 N–H and O–H groups in total. The molecular weight excluding hydrogens is 402 g/mol. The van der Waals surface area contributed by atoms with Crippen LogP contribution in [-0.4, -0.2) is 106 Å². The minimum absolute atomic E-state index is 0.129. The van der Waals surface area contributed by atoms with Gasteiger partial charge in [0.15, 0.2) is 0 Å². The van der Waals surface area contributed by atoms with Crippen molar-refractivity contribution in [2.75, 3.05) is 72.4 Å². The van der Waals surface area contributed by atoms with E-state index in [4.69, 9.17) is 9.47 Å². The van der Waals surface area contributed by atoms with Crippen LogP contribution in [0.5, 0.6) is 11.5 Å². The number of hydrogen-bond acceptors (Lipinski definition) is 7. The number of likely N-dealkylation sites (N-methyl/N-ethyl adjacent to an activating group) is 1. The number of ether oxygens (including phenoxy) is 2. The van der Waals surface area contributed by atoms with Crippen LogP contribution in [-0.2, 0) is 14.4 Å². The van der Waals surface area contributed by atoms with Crippen molar-refractivity contribution in [3.8, 4) is 11.5 Å². The molecule has 170 valence electrons. The third kappa shape index (κ3) is 5.86. The highest BCUT2D eigenvalue weighted by Gasteiger charge is 2.35. The second-order valence-corrected chi connectivity index (χ2v) is 7.79. The van der Waals surface area contributed by atoms with Gasteiger partial charge in [-0.1, -0.05) is 0 Å². The molecule has 1 unspecified atom stereocenters. The third-order valence-electron chi connectivity index (χ3n) is 5.67. The van der Waals surface area contributed by atoms with Gasteiger partial charge in [0.25, 0.3) is 0 Å². The highest BCUT2D eigenvalue weighted by atomic mass is 16.5. The summed E-state index contributed by atoms with van der Waals surface area (Å²) in [5.41, 5.74) is 0.443. The first-order chi connectivity index (χ1) is 14.9. The molecule has 0 aromatic heterocycles. The predicted molar refractivity (Wildman–Crippen MR) is 115 cm³/mol. The first-order valence-electron chi connectivity index (χ1n) is 10.4. The van der Waals surface area contributed by atoms with Crippen LogP contribution in [0.25, 0.3) is 0 Å². The van der Waals surface area contributed by atoms with Gasteiger partial charge in [-0.25, -0.2) is 0 Å². The van der Waals surface area contributed by atoms with E-state index in [0.717, 1.165) is 26.2 Å². The van der Waals surface area contributed by atoms with Gasteiger partial charge in [0.05, 0.1) is 32.9 Å². The normalized spacial score (nSPS) is 20.2. The molecule has 0 aliphatic carbocycles. The molecule has 10 nitrogen and oxygen atoms in total. The zero-order valence-corrected chi connectivity index (χ0v) is 18.3. The van der Waals surface area contributed by atoms with Crippen LogP contribution in [0, 0.1) is 0 Å². The SMILES string of the molecule is COc1ccc(OC)c(NC(=O)CC2C(=O)NCCN2C(=O)CN2CCN(C)CC2)c1. The average molecular weight is 434 g/mol. The number of benzene rings is 1. The van der Waals surface area contributed by atoms with Crippen LogP contribution in [0.4, 0.5) is 5.69 Å². The summed E-state index contributed by atoms with van der Waals surface area (Å²) in [7, 11) is 5.09. The van der Waals surface area contributed by atoms with Gasteiger partial charge < -0.3 is 29.9 Å². The molecule has 2 saturated heterocycles. The summed E-state index contributed by atoms with van der Waals surface area (Å²) in [5.74, 6) is 0.216. The zero-order valence-electron chi connectivity index (χ0n) is 18.3. The van der Waals surface area contributed by atoms with Gasteiger partial charge in [-0.05, 0) is 19.2 Å². The Morgan fingerprint density at radius 1 is 1.13 bits per heavy atom. The van der Waals surface area contributed by atoms with Crippen LogP contribution in [0.2, 0.25) is 0 Å². The smallest absolute Gasteiger partial charge is 0.243 e. The summed E-state index contributed by atoms with van der Waals surface area (Å²) in [6.07, 6.45) is -0.138. The van der Waals surface area contributed by atoms with Gasteiger partial charge in [-0.3, -0.25) is 19.3 Å². The molecule has 1 aromatic carbocycles. The summed E-state index contributed by atoms with van der Waals surface area (Å²) in [4.78, 5) is 44.0. The molecule has 10 heteroatoms. The largest absolute Gasteiger partial charge is 0.497 e. The van der Waals surface area contributed by atoms with E-state index in [-0.39, 0.29) is 30.7 Å². The van der Waals surface area contributed by atoms with Gasteiger partial charge in [-0.15, -0.1) is 0 Å². The van der Waals surface area contributed by atoms with Crippen LogP contribution in [0.15, 0.2) is 18.2 Å². The number of amides is 3. The fourth-order valence-electron chi connectivity index (χ4n) is 3.79. The van der Waals surface area contributed by atoms with Gasteiger partial charge in [0.1, 0.15) is 17.5 Å². The summed E-state index contributed by atoms with van der Waals surface area (Å²) < 4.78 is 10.5. The summed E-state index contributed by atoms with van der Waals surface area (Å²) in [5, 5.41) is 5.53. The lowest BCUT2D eigenvalue weighted by Crippen LogP contribution is -2.60. The maximum absolute atomic E-state index is 12.9. The Morgan fingerprint density at radius 2 is 1.87 bits per heavy atom. The van der Waals surface area contributed by atoms with Crippen LogP contribution < -0.4 is 20.1 Å². The molecule has 3 amide bonds. The minimum Gasteiger partial charge on any atom is -0.497 e. The van der Waals surface area contributed by atoms with Gasteiger partial charge in [-0.2, -0.15) is 0 Å². The van der Waals surface area contributed by atoms with Gasteiger partial charge in [0.2, 0.25) is 17.7 Å². The van der Waals surface area contributed by atoms with E-state index in [2.05, 4.69) is 27.5 Å². The Kier molecular flexibility index (Phi) is 7.69. The van der Waals surface area contributed by atoms with E-state index in [1.54, 1.807) is 18.2 Å². The number of nitrogens with one attached hydrogen (secondary N) is 2. The quantitative estimate of drug-likeness (QED) is 0.604. The predicted octanol–water partition coefficient (Wildman–Crippen LogP) is -0.393. The van der Waals surface area contributed by atoms with Crippen molar-refractivity contribution in [2.24, 2.45) is 0 Å². The Hall–Kier alpha value is -2.85. The molecule has 2 aliphatic heterocycles. The van der Waals surface area contributed by atoms with Gasteiger partial charge in [0, 0.05) is 45.3 Å². The highest BCUT2D eigenvalue weighted by molar-refractivity contribution is 5.98. The molecule has 0 radical (unpaired) electrons. The van der Waals surface area contributed by atoms with Crippen molar-refractivity contribution < 1.29 is 23.9 Å². The van der Waals surface area contributed by atoms with Crippen LogP contribution >= 0.6 is 0 Å². The first-order valence-corrected chi connectivity index (χ1v) is 10.4. The molecule has 1 atom stereocenters. The first kappa shape index (κ1) is 22.8. The highest BCUT2D eigenvalue weighted by Crippen LogP contribution is 2.29. The lowest BCUT2D eigenvalue weighted by molar-refractivity contribution is -0.145. The topological polar surface area (TPSA) is 103 Å². The Labute approximate surface area is 182 Å². The lowest BCUT2D eigenvalue weighted by atomic mass is 10.1. The van der Waals surface area contributed by atoms with E-state index in [9.17, 15) is 14.4 Å². The number of hydrogen-bond donors (Lipinski definition) is 2. The molecule has 0 saturated carbocycles. The number of carbonyl (C=O) groups excluding carboxylic acids is 3. The van der Waals surface area contributed by atoms with E-state index < -0.39 is 6.04 Å². The average Bonchev–Trinajstić information content (AvgIpc) is 2.76. The molecule has 0 bridgehead atoms. The third-order valence-corrected chi connectivity index (χ3v) is 5.67. The fourth-order valence-corrected chi connectivity index (χ4v) is 3.79. The van der Waals surface area contributed by atoms with Crippen molar-refractivity contribution in [3.05, 3.63) is 18.2 Å². The number of carbonyl (C=O) groups is 3. The zero-order chi connectivity index (χ0) is 22.4. The number of rotatable bonds is 7. The maximum atomic E-state index is 12.9. The Balaban J connectivity index is 1.65. The maximum Gasteiger partial charge on any atom is 0.243 e. The Morgan fingerprint density at radius 3 is 2.55 bits per heavy atom. The number of methoxy groups -OCH3 is 2. The van der Waals surface area contributed by atoms with Crippen LogP contribution in [0.3, 0.4) is 0 Å². The Bertz CT molecular complexity index is 809. The summed E-state index contributed by atoms with van der Waals surface area (Å²) in [6, 6.07) is 4.22. The van der Waals surface area contributed by atoms with E-state index >= 15 is 0 Å². The standard InChI is InChI=1S/C21H31N5O5/c1-24-8-10-25(11-9-24)14-20(28)26-7-6-22-21(29)17(26)13-19(27)23-16-12-15(30-2)4-5-18(16)31-3/h4-5,12,17H,6-11,13-14H2,1-3H3,(H,22,29)(H,23,27). The second-order valence-electron chi connectivity index (χ2n) is 7.79. The molecule has 2 heterocycles. The van der Waals surface area contributed by atoms with Crippen molar-refractivity contribution in [1.82, 2.24) is 20.0 Å². The number of piperazine rings is 2. The van der Waals surface area contributed by atoms with E-state index in [1.807, 2.05) is 0 Å². The number of anilines is 1. The van der Waals surface area contributed by atoms with Gasteiger partial charge >= 0.3 is 0 Å². The monoisotopic (exact) mass is 433 g/mol. The molecule has 0 spiro atoms. The van der Waals surface area contributed by atoms with Crippen molar-refractivity contribution in [2.45, 2.75) is 12.5 Å². The number of nitrogens with zero attached hydrogens (tertiary/aromatic N) is 3. The molecule has 31 heavy (non-hydrogen) atoms. The molecule has 3 rings (SSSR count). The van der Waals surface area contributed by atoms with E-state index in [1.165, 1.54) is 19.1 Å². The van der Waals surface area contributed by atoms with Crippen molar-refractivity contribution in [3.63, 3.8) is 0 Å². The van der Waals surface area contributed by atoms with Crippen molar-refractivity contribution >= 4 is 23.4 Å². The van der Waals surface area contributed by atoms with E-state index in [0.29, 0.717) is 30.3 Å². The molecule has 2 fully saturated rings. The van der Waals surface area contributed by atoms with Crippen LogP contribution in [0.1, 0.15) is 6.42 Å². The van der Waals surface area contributed by atoms with Crippen molar-refractivity contribution in [1.29, 1.82) is 0 Å². The second kappa shape index (κ2) is 10.5. The fraction of sp³-hybridized carbons (Fsp3) is 0.571.